The maximum absolute atomic E-state index is 3.57. The van der Waals surface area contributed by atoms with Gasteiger partial charge in [0.15, 0.2) is 0 Å². The lowest BCUT2D eigenvalue weighted by molar-refractivity contribution is 1.62. The zero-order valence-corrected chi connectivity index (χ0v) is 13.0. The minimum Gasteiger partial charge on any atom is -0.0616 e. The molecule has 0 aliphatic carbocycles. The average Bonchev–Trinajstić information content (AvgIpc) is 2.54. The standard InChI is InChI=1S/C20H13Br/c21-16-8-5-7-14(12-16)20-13-15-6-1-2-9-17(15)18-10-3-4-11-19(18)20/h1-13H. The molecular weight excluding hydrogens is 320 g/mol. The highest BCUT2D eigenvalue weighted by molar-refractivity contribution is 9.10. The Morgan fingerprint density at radius 1 is 0.571 bits per heavy atom. The molecule has 0 fully saturated rings. The summed E-state index contributed by atoms with van der Waals surface area (Å²) in [6, 6.07) is 28.0. The first-order valence-electron chi connectivity index (χ1n) is 6.99. The first kappa shape index (κ1) is 12.6. The molecule has 21 heavy (non-hydrogen) atoms. The van der Waals surface area contributed by atoms with Gasteiger partial charge in [-0.05, 0) is 50.9 Å². The second-order valence-electron chi connectivity index (χ2n) is 5.20. The van der Waals surface area contributed by atoms with Crippen molar-refractivity contribution in [3.8, 4) is 11.1 Å². The lowest BCUT2D eigenvalue weighted by atomic mass is 9.93. The van der Waals surface area contributed by atoms with Crippen molar-refractivity contribution in [3.05, 3.63) is 83.3 Å². The fraction of sp³-hybridized carbons (Fsp3) is 0. The Morgan fingerprint density at radius 2 is 1.29 bits per heavy atom. The zero-order chi connectivity index (χ0) is 14.2. The highest BCUT2D eigenvalue weighted by Crippen LogP contribution is 2.35. The lowest BCUT2D eigenvalue weighted by Crippen LogP contribution is -1.84. The Morgan fingerprint density at radius 3 is 2.10 bits per heavy atom. The maximum Gasteiger partial charge on any atom is 0.0181 e. The Balaban J connectivity index is 2.16. The van der Waals surface area contributed by atoms with Crippen LogP contribution in [-0.4, -0.2) is 0 Å². The van der Waals surface area contributed by atoms with Crippen molar-refractivity contribution in [2.75, 3.05) is 0 Å². The number of halogens is 1. The number of hydrogen-bond donors (Lipinski definition) is 0. The molecule has 0 N–H and O–H groups in total. The summed E-state index contributed by atoms with van der Waals surface area (Å²) in [6.45, 7) is 0. The van der Waals surface area contributed by atoms with Crippen molar-refractivity contribution in [2.45, 2.75) is 0 Å². The van der Waals surface area contributed by atoms with Crippen LogP contribution in [0.15, 0.2) is 83.3 Å². The van der Waals surface area contributed by atoms with E-state index in [1.54, 1.807) is 0 Å². The fourth-order valence-corrected chi connectivity index (χ4v) is 3.35. The molecule has 0 heterocycles. The first-order chi connectivity index (χ1) is 10.3. The van der Waals surface area contributed by atoms with Gasteiger partial charge < -0.3 is 0 Å². The largest absolute Gasteiger partial charge is 0.0616 e. The minimum absolute atomic E-state index is 1.11. The van der Waals surface area contributed by atoms with Crippen LogP contribution in [0.1, 0.15) is 0 Å². The predicted octanol–water partition coefficient (Wildman–Crippen LogP) is 6.42. The van der Waals surface area contributed by atoms with E-state index in [0.29, 0.717) is 0 Å². The Labute approximate surface area is 132 Å². The molecule has 4 aromatic rings. The summed E-state index contributed by atoms with van der Waals surface area (Å²) in [5, 5.41) is 5.21. The van der Waals surface area contributed by atoms with Crippen molar-refractivity contribution in [1.29, 1.82) is 0 Å². The maximum atomic E-state index is 3.57. The second-order valence-corrected chi connectivity index (χ2v) is 6.12. The molecule has 0 aromatic heterocycles. The molecule has 0 spiro atoms. The van der Waals surface area contributed by atoms with E-state index >= 15 is 0 Å². The molecule has 0 amide bonds. The van der Waals surface area contributed by atoms with Crippen molar-refractivity contribution < 1.29 is 0 Å². The number of fused-ring (bicyclic) bond motifs is 3. The Hall–Kier alpha value is -2.12. The summed E-state index contributed by atoms with van der Waals surface area (Å²) < 4.78 is 1.11. The van der Waals surface area contributed by atoms with Gasteiger partial charge in [-0.3, -0.25) is 0 Å². The average molecular weight is 333 g/mol. The van der Waals surface area contributed by atoms with Crippen LogP contribution >= 0.6 is 15.9 Å². The summed E-state index contributed by atoms with van der Waals surface area (Å²) in [5.41, 5.74) is 2.52. The van der Waals surface area contributed by atoms with Crippen molar-refractivity contribution in [1.82, 2.24) is 0 Å². The highest BCUT2D eigenvalue weighted by Gasteiger charge is 2.08. The van der Waals surface area contributed by atoms with Crippen LogP contribution < -0.4 is 0 Å². The Bertz CT molecular complexity index is 954. The Kier molecular flexibility index (Phi) is 3.01. The normalized spacial score (nSPS) is 11.1. The molecular formula is C20H13Br. The van der Waals surface area contributed by atoms with Crippen LogP contribution in [0.3, 0.4) is 0 Å². The van der Waals surface area contributed by atoms with Crippen LogP contribution in [0, 0.1) is 0 Å². The van der Waals surface area contributed by atoms with E-state index < -0.39 is 0 Å². The molecule has 100 valence electrons. The predicted molar refractivity (Wildman–Crippen MR) is 94.6 cm³/mol. The van der Waals surface area contributed by atoms with E-state index in [0.717, 1.165) is 4.47 Å². The summed E-state index contributed by atoms with van der Waals surface area (Å²) in [6.07, 6.45) is 0. The van der Waals surface area contributed by atoms with Gasteiger partial charge in [-0.2, -0.15) is 0 Å². The molecule has 4 rings (SSSR count). The third-order valence-electron chi connectivity index (χ3n) is 3.90. The number of benzene rings is 4. The van der Waals surface area contributed by atoms with Gasteiger partial charge in [0.1, 0.15) is 0 Å². The van der Waals surface area contributed by atoms with Crippen LogP contribution in [0.25, 0.3) is 32.7 Å². The van der Waals surface area contributed by atoms with Crippen molar-refractivity contribution in [3.63, 3.8) is 0 Å². The van der Waals surface area contributed by atoms with E-state index in [4.69, 9.17) is 0 Å². The van der Waals surface area contributed by atoms with E-state index in [2.05, 4.69) is 94.8 Å². The third-order valence-corrected chi connectivity index (χ3v) is 4.40. The second kappa shape index (κ2) is 5.01. The first-order valence-corrected chi connectivity index (χ1v) is 7.79. The minimum atomic E-state index is 1.11. The number of rotatable bonds is 1. The molecule has 1 heteroatoms. The van der Waals surface area contributed by atoms with Gasteiger partial charge in [-0.1, -0.05) is 76.6 Å². The quantitative estimate of drug-likeness (QED) is 0.352. The molecule has 0 radical (unpaired) electrons. The van der Waals surface area contributed by atoms with Crippen LogP contribution in [0.2, 0.25) is 0 Å². The molecule has 0 nitrogen and oxygen atoms in total. The van der Waals surface area contributed by atoms with Gasteiger partial charge in [0.05, 0.1) is 0 Å². The van der Waals surface area contributed by atoms with E-state index in [9.17, 15) is 0 Å². The van der Waals surface area contributed by atoms with Gasteiger partial charge in [-0.15, -0.1) is 0 Å². The molecule has 0 unspecified atom stereocenters. The topological polar surface area (TPSA) is 0 Å². The van der Waals surface area contributed by atoms with Gasteiger partial charge in [0, 0.05) is 4.47 Å². The summed E-state index contributed by atoms with van der Waals surface area (Å²) in [5.74, 6) is 0. The van der Waals surface area contributed by atoms with Gasteiger partial charge in [-0.25, -0.2) is 0 Å². The monoisotopic (exact) mass is 332 g/mol. The fourth-order valence-electron chi connectivity index (χ4n) is 2.95. The third kappa shape index (κ3) is 2.14. The molecule has 0 bridgehead atoms. The smallest absolute Gasteiger partial charge is 0.0181 e. The van der Waals surface area contributed by atoms with Crippen molar-refractivity contribution in [2.24, 2.45) is 0 Å². The summed E-state index contributed by atoms with van der Waals surface area (Å²) >= 11 is 3.57. The SMILES string of the molecule is Brc1cccc(-c2cc3ccccc3c3ccccc23)c1. The van der Waals surface area contributed by atoms with E-state index in [1.165, 1.54) is 32.7 Å². The van der Waals surface area contributed by atoms with Gasteiger partial charge in [0.2, 0.25) is 0 Å². The molecule has 4 aromatic carbocycles. The zero-order valence-electron chi connectivity index (χ0n) is 11.4. The van der Waals surface area contributed by atoms with Crippen molar-refractivity contribution >= 4 is 37.5 Å². The lowest BCUT2D eigenvalue weighted by Gasteiger charge is -2.11. The van der Waals surface area contributed by atoms with E-state index in [-0.39, 0.29) is 0 Å². The molecule has 0 atom stereocenters. The molecule has 0 saturated carbocycles. The van der Waals surface area contributed by atoms with E-state index in [1.807, 2.05) is 0 Å². The van der Waals surface area contributed by atoms with Crippen LogP contribution in [-0.2, 0) is 0 Å². The molecule has 0 aliphatic heterocycles. The van der Waals surface area contributed by atoms with Crippen LogP contribution in [0.4, 0.5) is 0 Å². The van der Waals surface area contributed by atoms with Gasteiger partial charge in [0.25, 0.3) is 0 Å². The molecule has 0 saturated heterocycles. The summed E-state index contributed by atoms with van der Waals surface area (Å²) in [4.78, 5) is 0. The summed E-state index contributed by atoms with van der Waals surface area (Å²) in [7, 11) is 0. The number of hydrogen-bond acceptors (Lipinski definition) is 0. The molecule has 0 aliphatic rings. The van der Waals surface area contributed by atoms with Gasteiger partial charge >= 0.3 is 0 Å². The highest BCUT2D eigenvalue weighted by atomic mass is 79.9. The van der Waals surface area contributed by atoms with Crippen LogP contribution in [0.5, 0.6) is 0 Å².